The monoisotopic (exact) mass is 314 g/mol. The summed E-state index contributed by atoms with van der Waals surface area (Å²) in [5, 5.41) is 4.88. The smallest absolute Gasteiger partial charge is 0.229 e. The number of thioether (sulfide) groups is 1. The van der Waals surface area contributed by atoms with Gasteiger partial charge in [-0.15, -0.1) is 0 Å². The van der Waals surface area contributed by atoms with Gasteiger partial charge in [0.15, 0.2) is 5.17 Å². The van der Waals surface area contributed by atoms with Crippen molar-refractivity contribution in [3.05, 3.63) is 33.8 Å². The molecule has 0 aromatic heterocycles. The standard InChI is InChI=1S/C13H12Cl2N2OS/c14-7-1-2-8(11(15)5-7)9-6-10(9)12(18)17-13-16-3-4-19-13/h1-2,5,9-10H,3-4,6H2,(H,16,17,18)/t9-,10+/m0/s1. The lowest BCUT2D eigenvalue weighted by Crippen LogP contribution is -2.29. The van der Waals surface area contributed by atoms with Crippen LogP contribution in [-0.4, -0.2) is 23.4 Å². The van der Waals surface area contributed by atoms with Crippen molar-refractivity contribution in [1.29, 1.82) is 0 Å². The molecule has 0 spiro atoms. The molecule has 1 saturated carbocycles. The average molecular weight is 315 g/mol. The molecule has 1 aliphatic heterocycles. The zero-order valence-electron chi connectivity index (χ0n) is 10.0. The van der Waals surface area contributed by atoms with Crippen molar-refractivity contribution in [1.82, 2.24) is 5.32 Å². The highest BCUT2D eigenvalue weighted by molar-refractivity contribution is 8.14. The Hall–Kier alpha value is -0.710. The number of hydrogen-bond acceptors (Lipinski definition) is 3. The van der Waals surface area contributed by atoms with Gasteiger partial charge in [0.2, 0.25) is 5.91 Å². The lowest BCUT2D eigenvalue weighted by molar-refractivity contribution is -0.120. The van der Waals surface area contributed by atoms with E-state index in [2.05, 4.69) is 10.3 Å². The summed E-state index contributed by atoms with van der Waals surface area (Å²) in [6, 6.07) is 5.44. The van der Waals surface area contributed by atoms with E-state index >= 15 is 0 Å². The number of amidine groups is 1. The van der Waals surface area contributed by atoms with Crippen LogP contribution in [0.15, 0.2) is 23.2 Å². The Morgan fingerprint density at radius 1 is 1.42 bits per heavy atom. The molecule has 1 N–H and O–H groups in total. The Balaban J connectivity index is 1.65. The molecule has 3 nitrogen and oxygen atoms in total. The van der Waals surface area contributed by atoms with Gasteiger partial charge in [-0.2, -0.15) is 0 Å². The van der Waals surface area contributed by atoms with E-state index < -0.39 is 0 Å². The van der Waals surface area contributed by atoms with E-state index in [0.717, 1.165) is 29.4 Å². The Kier molecular flexibility index (Phi) is 3.74. The van der Waals surface area contributed by atoms with E-state index in [-0.39, 0.29) is 17.7 Å². The zero-order valence-corrected chi connectivity index (χ0v) is 12.4. The van der Waals surface area contributed by atoms with Gasteiger partial charge in [0.25, 0.3) is 0 Å². The van der Waals surface area contributed by atoms with Gasteiger partial charge in [-0.05, 0) is 30.0 Å². The second kappa shape index (κ2) is 5.35. The molecule has 1 aromatic carbocycles. The van der Waals surface area contributed by atoms with Crippen LogP contribution in [0.4, 0.5) is 0 Å². The fourth-order valence-corrected chi connectivity index (χ4v) is 3.52. The summed E-state index contributed by atoms with van der Waals surface area (Å²) in [6.07, 6.45) is 0.838. The number of hydrogen-bond donors (Lipinski definition) is 1. The maximum atomic E-state index is 12.0. The molecule has 6 heteroatoms. The molecule has 0 radical (unpaired) electrons. The summed E-state index contributed by atoms with van der Waals surface area (Å²) in [6.45, 7) is 0.789. The van der Waals surface area contributed by atoms with Crippen molar-refractivity contribution in [2.24, 2.45) is 10.9 Å². The molecule has 2 aliphatic rings. The largest absolute Gasteiger partial charge is 0.305 e. The van der Waals surface area contributed by atoms with Crippen LogP contribution in [0, 0.1) is 5.92 Å². The maximum Gasteiger partial charge on any atom is 0.229 e. The minimum Gasteiger partial charge on any atom is -0.305 e. The highest BCUT2D eigenvalue weighted by atomic mass is 35.5. The van der Waals surface area contributed by atoms with E-state index in [1.807, 2.05) is 12.1 Å². The molecular formula is C13H12Cl2N2OS. The van der Waals surface area contributed by atoms with Gasteiger partial charge in [0, 0.05) is 21.7 Å². The van der Waals surface area contributed by atoms with E-state index in [0.29, 0.717) is 10.0 Å². The molecule has 0 unspecified atom stereocenters. The van der Waals surface area contributed by atoms with Crippen LogP contribution >= 0.6 is 35.0 Å². The van der Waals surface area contributed by atoms with Crippen molar-refractivity contribution in [2.45, 2.75) is 12.3 Å². The molecule has 2 atom stereocenters. The number of carbonyl (C=O) groups is 1. The first-order valence-corrected chi connectivity index (χ1v) is 7.82. The topological polar surface area (TPSA) is 41.5 Å². The first-order valence-electron chi connectivity index (χ1n) is 6.08. The summed E-state index contributed by atoms with van der Waals surface area (Å²) in [7, 11) is 0. The van der Waals surface area contributed by atoms with Crippen LogP contribution in [-0.2, 0) is 4.79 Å². The summed E-state index contributed by atoms with van der Waals surface area (Å²) in [4.78, 5) is 16.3. The Morgan fingerprint density at radius 3 is 2.95 bits per heavy atom. The number of aliphatic imine (C=N–C) groups is 1. The van der Waals surface area contributed by atoms with Gasteiger partial charge in [0.05, 0.1) is 6.54 Å². The number of carbonyl (C=O) groups excluding carboxylic acids is 1. The van der Waals surface area contributed by atoms with Crippen LogP contribution in [0.25, 0.3) is 0 Å². The second-order valence-corrected chi connectivity index (χ2v) is 6.57. The summed E-state index contributed by atoms with van der Waals surface area (Å²) in [5.41, 5.74) is 1.01. The third kappa shape index (κ3) is 2.91. The van der Waals surface area contributed by atoms with Gasteiger partial charge < -0.3 is 5.32 Å². The normalized spacial score (nSPS) is 25.1. The molecule has 19 heavy (non-hydrogen) atoms. The van der Waals surface area contributed by atoms with Gasteiger partial charge >= 0.3 is 0 Å². The number of nitrogens with one attached hydrogen (secondary N) is 1. The molecular weight excluding hydrogens is 303 g/mol. The zero-order chi connectivity index (χ0) is 13.4. The van der Waals surface area contributed by atoms with Gasteiger partial charge in [-0.1, -0.05) is 41.0 Å². The molecule has 100 valence electrons. The van der Waals surface area contributed by atoms with Crippen molar-refractivity contribution >= 4 is 46.0 Å². The lowest BCUT2D eigenvalue weighted by Gasteiger charge is -2.05. The van der Waals surface area contributed by atoms with Crippen LogP contribution in [0.5, 0.6) is 0 Å². The third-order valence-corrected chi connectivity index (χ3v) is 4.76. The molecule has 1 aromatic rings. The first-order chi connectivity index (χ1) is 9.15. The molecule has 1 aliphatic carbocycles. The number of halogens is 2. The molecule has 1 amide bonds. The third-order valence-electron chi connectivity index (χ3n) is 3.30. The number of nitrogens with zero attached hydrogens (tertiary/aromatic N) is 1. The Labute approximate surface area is 125 Å². The fraction of sp³-hybridized carbons (Fsp3) is 0.385. The molecule has 0 bridgehead atoms. The van der Waals surface area contributed by atoms with Crippen LogP contribution in [0.3, 0.4) is 0 Å². The van der Waals surface area contributed by atoms with Crippen molar-refractivity contribution < 1.29 is 4.79 Å². The maximum absolute atomic E-state index is 12.0. The molecule has 3 rings (SSSR count). The summed E-state index contributed by atoms with van der Waals surface area (Å²) in [5.74, 6) is 1.20. The highest BCUT2D eigenvalue weighted by Crippen LogP contribution is 2.50. The highest BCUT2D eigenvalue weighted by Gasteiger charge is 2.45. The number of rotatable bonds is 2. The predicted molar refractivity (Wildman–Crippen MR) is 80.2 cm³/mol. The average Bonchev–Trinajstić information content (AvgIpc) is 2.99. The van der Waals surface area contributed by atoms with Gasteiger partial charge in [-0.3, -0.25) is 9.79 Å². The first kappa shape index (κ1) is 13.3. The SMILES string of the molecule is O=C(NC1=NCCS1)[C@@H]1C[C@H]1c1ccc(Cl)cc1Cl. The fourth-order valence-electron chi connectivity index (χ4n) is 2.24. The number of benzene rings is 1. The lowest BCUT2D eigenvalue weighted by atomic mass is 10.1. The Morgan fingerprint density at radius 2 is 2.26 bits per heavy atom. The molecule has 0 saturated heterocycles. The van der Waals surface area contributed by atoms with E-state index in [1.165, 1.54) is 0 Å². The van der Waals surface area contributed by atoms with Gasteiger partial charge in [-0.25, -0.2) is 0 Å². The van der Waals surface area contributed by atoms with Crippen molar-refractivity contribution in [2.75, 3.05) is 12.3 Å². The quantitative estimate of drug-likeness (QED) is 0.909. The van der Waals surface area contributed by atoms with Gasteiger partial charge in [0.1, 0.15) is 0 Å². The van der Waals surface area contributed by atoms with E-state index in [4.69, 9.17) is 23.2 Å². The van der Waals surface area contributed by atoms with Crippen molar-refractivity contribution in [3.8, 4) is 0 Å². The molecule has 1 heterocycles. The van der Waals surface area contributed by atoms with Crippen LogP contribution in [0.2, 0.25) is 10.0 Å². The van der Waals surface area contributed by atoms with Crippen LogP contribution < -0.4 is 5.32 Å². The summed E-state index contributed by atoms with van der Waals surface area (Å²) >= 11 is 13.6. The predicted octanol–water partition coefficient (Wildman–Crippen LogP) is 3.32. The van der Waals surface area contributed by atoms with E-state index in [1.54, 1.807) is 17.8 Å². The summed E-state index contributed by atoms with van der Waals surface area (Å²) < 4.78 is 0. The second-order valence-electron chi connectivity index (χ2n) is 4.64. The number of amides is 1. The molecule has 1 fully saturated rings. The minimum atomic E-state index is 0.00238. The Bertz CT molecular complexity index is 562. The van der Waals surface area contributed by atoms with Crippen LogP contribution in [0.1, 0.15) is 17.9 Å². The minimum absolute atomic E-state index is 0.00238. The van der Waals surface area contributed by atoms with E-state index in [9.17, 15) is 4.79 Å². The van der Waals surface area contributed by atoms with Crippen molar-refractivity contribution in [3.63, 3.8) is 0 Å².